The zero-order valence-electron chi connectivity index (χ0n) is 10.2. The fourth-order valence-electron chi connectivity index (χ4n) is 2.43. The number of halogens is 2. The highest BCUT2D eigenvalue weighted by molar-refractivity contribution is 6.42. The van der Waals surface area contributed by atoms with Crippen LogP contribution in [0.2, 0.25) is 10.0 Å². The molecule has 0 atom stereocenters. The quantitative estimate of drug-likeness (QED) is 0.837. The predicted molar refractivity (Wildman–Crippen MR) is 76.3 cm³/mol. The molecule has 1 aromatic carbocycles. The normalized spacial score (nSPS) is 15.9. The maximum Gasteiger partial charge on any atom is 0.224 e. The Morgan fingerprint density at radius 2 is 1.94 bits per heavy atom. The summed E-state index contributed by atoms with van der Waals surface area (Å²) in [6.07, 6.45) is 6.77. The van der Waals surface area contributed by atoms with Gasteiger partial charge in [0.05, 0.1) is 10.0 Å². The second-order valence-electron chi connectivity index (χ2n) is 4.87. The summed E-state index contributed by atoms with van der Waals surface area (Å²) in [5.41, 5.74) is 0.709. The van der Waals surface area contributed by atoms with Crippen molar-refractivity contribution in [2.45, 2.75) is 38.5 Å². The molecule has 1 aromatic rings. The second-order valence-corrected chi connectivity index (χ2v) is 5.68. The van der Waals surface area contributed by atoms with E-state index in [1.807, 2.05) is 0 Å². The predicted octanol–water partition coefficient (Wildman–Crippen LogP) is 4.90. The summed E-state index contributed by atoms with van der Waals surface area (Å²) in [6, 6.07) is 5.13. The topological polar surface area (TPSA) is 29.1 Å². The Hall–Kier alpha value is -0.730. The smallest absolute Gasteiger partial charge is 0.224 e. The van der Waals surface area contributed by atoms with Crippen LogP contribution in [0.15, 0.2) is 18.2 Å². The average molecular weight is 286 g/mol. The molecule has 1 aliphatic rings. The molecule has 0 aliphatic heterocycles. The van der Waals surface area contributed by atoms with Crippen LogP contribution in [0.1, 0.15) is 38.5 Å². The largest absolute Gasteiger partial charge is 0.326 e. The number of benzene rings is 1. The molecule has 0 radical (unpaired) electrons. The standard InChI is InChI=1S/C14H17Cl2NO/c15-12-7-6-11(9-13(12)16)17-14(18)8-5-10-3-1-2-4-10/h6-7,9-10H,1-5,8H2,(H,17,18). The van der Waals surface area contributed by atoms with Gasteiger partial charge in [-0.25, -0.2) is 0 Å². The number of nitrogens with one attached hydrogen (secondary N) is 1. The van der Waals surface area contributed by atoms with Crippen LogP contribution < -0.4 is 5.32 Å². The third-order valence-corrected chi connectivity index (χ3v) is 4.20. The number of rotatable bonds is 4. The van der Waals surface area contributed by atoms with Gasteiger partial charge in [-0.2, -0.15) is 0 Å². The van der Waals surface area contributed by atoms with E-state index in [1.54, 1.807) is 18.2 Å². The van der Waals surface area contributed by atoms with Crippen molar-refractivity contribution in [3.63, 3.8) is 0 Å². The van der Waals surface area contributed by atoms with Crippen LogP contribution >= 0.6 is 23.2 Å². The highest BCUT2D eigenvalue weighted by atomic mass is 35.5. The highest BCUT2D eigenvalue weighted by Crippen LogP contribution is 2.29. The molecule has 4 heteroatoms. The number of carbonyl (C=O) groups is 1. The van der Waals surface area contributed by atoms with Crippen LogP contribution in [0.3, 0.4) is 0 Å². The van der Waals surface area contributed by atoms with Crippen molar-refractivity contribution in [3.05, 3.63) is 28.2 Å². The molecule has 0 spiro atoms. The molecule has 18 heavy (non-hydrogen) atoms. The van der Waals surface area contributed by atoms with E-state index in [4.69, 9.17) is 23.2 Å². The molecule has 2 nitrogen and oxygen atoms in total. The molecule has 0 aromatic heterocycles. The number of carbonyl (C=O) groups excluding carboxylic acids is 1. The first kappa shape index (κ1) is 13.7. The van der Waals surface area contributed by atoms with Gasteiger partial charge < -0.3 is 5.32 Å². The number of hydrogen-bond acceptors (Lipinski definition) is 1. The molecule has 1 amide bonds. The average Bonchev–Trinajstić information content (AvgIpc) is 2.84. The molecular formula is C14H17Cl2NO. The molecule has 98 valence electrons. The van der Waals surface area contributed by atoms with Gasteiger partial charge in [0.2, 0.25) is 5.91 Å². The Morgan fingerprint density at radius 3 is 2.61 bits per heavy atom. The van der Waals surface area contributed by atoms with Gasteiger partial charge in [-0.15, -0.1) is 0 Å². The van der Waals surface area contributed by atoms with Gasteiger partial charge in [0.1, 0.15) is 0 Å². The summed E-state index contributed by atoms with van der Waals surface area (Å²) >= 11 is 11.7. The van der Waals surface area contributed by atoms with Crippen molar-refractivity contribution in [2.24, 2.45) is 5.92 Å². The van der Waals surface area contributed by atoms with E-state index >= 15 is 0 Å². The minimum absolute atomic E-state index is 0.0558. The Kier molecular flexibility index (Phi) is 4.90. The third-order valence-electron chi connectivity index (χ3n) is 3.46. The summed E-state index contributed by atoms with van der Waals surface area (Å²) in [5, 5.41) is 3.82. The lowest BCUT2D eigenvalue weighted by Gasteiger charge is -2.09. The first-order chi connectivity index (χ1) is 8.65. The van der Waals surface area contributed by atoms with Crippen LogP contribution in [0.25, 0.3) is 0 Å². The summed E-state index contributed by atoms with van der Waals surface area (Å²) in [4.78, 5) is 11.8. The lowest BCUT2D eigenvalue weighted by atomic mass is 10.0. The van der Waals surface area contributed by atoms with E-state index in [0.29, 0.717) is 22.2 Å². The lowest BCUT2D eigenvalue weighted by molar-refractivity contribution is -0.116. The maximum atomic E-state index is 11.8. The summed E-state index contributed by atoms with van der Waals surface area (Å²) in [7, 11) is 0. The monoisotopic (exact) mass is 285 g/mol. The van der Waals surface area contributed by atoms with Crippen molar-refractivity contribution in [3.8, 4) is 0 Å². The number of amides is 1. The van der Waals surface area contributed by atoms with Gasteiger partial charge in [0.15, 0.2) is 0 Å². The molecule has 1 fully saturated rings. The van der Waals surface area contributed by atoms with Crippen LogP contribution in [0.5, 0.6) is 0 Å². The molecule has 0 bridgehead atoms. The van der Waals surface area contributed by atoms with Crippen molar-refractivity contribution in [2.75, 3.05) is 5.32 Å². The summed E-state index contributed by atoms with van der Waals surface area (Å²) in [5.74, 6) is 0.796. The Bertz CT molecular complexity index is 428. The van der Waals surface area contributed by atoms with Crippen LogP contribution in [0, 0.1) is 5.92 Å². The van der Waals surface area contributed by atoms with Gasteiger partial charge in [-0.1, -0.05) is 48.9 Å². The molecular weight excluding hydrogens is 269 g/mol. The first-order valence-electron chi connectivity index (χ1n) is 6.40. The van der Waals surface area contributed by atoms with Gasteiger partial charge >= 0.3 is 0 Å². The maximum absolute atomic E-state index is 11.8. The van der Waals surface area contributed by atoms with E-state index in [1.165, 1.54) is 25.7 Å². The zero-order chi connectivity index (χ0) is 13.0. The Morgan fingerprint density at radius 1 is 1.22 bits per heavy atom. The number of hydrogen-bond donors (Lipinski definition) is 1. The Labute approximate surface area is 118 Å². The van der Waals surface area contributed by atoms with E-state index < -0.39 is 0 Å². The van der Waals surface area contributed by atoms with Crippen molar-refractivity contribution >= 4 is 34.8 Å². The summed E-state index contributed by atoms with van der Waals surface area (Å²) < 4.78 is 0. The molecule has 2 rings (SSSR count). The lowest BCUT2D eigenvalue weighted by Crippen LogP contribution is -2.12. The van der Waals surface area contributed by atoms with E-state index in [-0.39, 0.29) is 5.91 Å². The van der Waals surface area contributed by atoms with E-state index in [0.717, 1.165) is 12.3 Å². The fraction of sp³-hybridized carbons (Fsp3) is 0.500. The second kappa shape index (κ2) is 6.44. The fourth-order valence-corrected chi connectivity index (χ4v) is 2.73. The Balaban J connectivity index is 1.80. The highest BCUT2D eigenvalue weighted by Gasteiger charge is 2.16. The zero-order valence-corrected chi connectivity index (χ0v) is 11.7. The van der Waals surface area contributed by atoms with Gasteiger partial charge in [-0.3, -0.25) is 4.79 Å². The van der Waals surface area contributed by atoms with Crippen molar-refractivity contribution in [1.82, 2.24) is 0 Å². The van der Waals surface area contributed by atoms with Gasteiger partial charge in [0, 0.05) is 12.1 Å². The number of anilines is 1. The molecule has 0 saturated heterocycles. The minimum atomic E-state index is 0.0558. The van der Waals surface area contributed by atoms with E-state index in [9.17, 15) is 4.79 Å². The van der Waals surface area contributed by atoms with Crippen molar-refractivity contribution < 1.29 is 4.79 Å². The molecule has 0 heterocycles. The van der Waals surface area contributed by atoms with Gasteiger partial charge in [-0.05, 0) is 30.5 Å². The van der Waals surface area contributed by atoms with Crippen LogP contribution in [-0.4, -0.2) is 5.91 Å². The molecule has 1 saturated carbocycles. The third kappa shape index (κ3) is 3.89. The minimum Gasteiger partial charge on any atom is -0.326 e. The first-order valence-corrected chi connectivity index (χ1v) is 7.15. The van der Waals surface area contributed by atoms with Crippen LogP contribution in [-0.2, 0) is 4.79 Å². The molecule has 0 unspecified atom stereocenters. The molecule has 1 N–H and O–H groups in total. The van der Waals surface area contributed by atoms with Gasteiger partial charge in [0.25, 0.3) is 0 Å². The molecule has 1 aliphatic carbocycles. The van der Waals surface area contributed by atoms with Crippen molar-refractivity contribution in [1.29, 1.82) is 0 Å². The van der Waals surface area contributed by atoms with Crippen LogP contribution in [0.4, 0.5) is 5.69 Å². The summed E-state index contributed by atoms with van der Waals surface area (Å²) in [6.45, 7) is 0. The SMILES string of the molecule is O=C(CCC1CCCC1)Nc1ccc(Cl)c(Cl)c1. The van der Waals surface area contributed by atoms with E-state index in [2.05, 4.69) is 5.32 Å².